The first-order valence-corrected chi connectivity index (χ1v) is 4.72. The van der Waals surface area contributed by atoms with Gasteiger partial charge in [-0.1, -0.05) is 6.07 Å². The summed E-state index contributed by atoms with van der Waals surface area (Å²) in [5, 5.41) is 2.85. The maximum atomic E-state index is 11.3. The highest BCUT2D eigenvalue weighted by atomic mass is 16.5. The summed E-state index contributed by atoms with van der Waals surface area (Å²) in [6.07, 6.45) is 1.37. The number of nitrogens with one attached hydrogen (secondary N) is 1. The van der Waals surface area contributed by atoms with E-state index in [4.69, 9.17) is 4.74 Å². The van der Waals surface area contributed by atoms with Gasteiger partial charge in [0.05, 0.1) is 13.5 Å². The molecule has 1 aromatic rings. The van der Waals surface area contributed by atoms with Gasteiger partial charge in [-0.25, -0.2) is 0 Å². The standard InChI is InChI=1S/C11H13NO2/c1-14-10-3-2-8-4-5-12-11(13)7-9(8)6-10/h2-3,6H,4-5,7H2,1H3,(H,12,13). The summed E-state index contributed by atoms with van der Waals surface area (Å²) in [6, 6.07) is 5.92. The van der Waals surface area contributed by atoms with Gasteiger partial charge in [-0.15, -0.1) is 0 Å². The van der Waals surface area contributed by atoms with Gasteiger partial charge in [0, 0.05) is 6.54 Å². The van der Waals surface area contributed by atoms with Crippen molar-refractivity contribution in [2.24, 2.45) is 0 Å². The molecule has 0 atom stereocenters. The van der Waals surface area contributed by atoms with Crippen LogP contribution in [0.15, 0.2) is 18.2 Å². The summed E-state index contributed by atoms with van der Waals surface area (Å²) < 4.78 is 5.12. The van der Waals surface area contributed by atoms with E-state index >= 15 is 0 Å². The van der Waals surface area contributed by atoms with Gasteiger partial charge in [-0.3, -0.25) is 4.79 Å². The SMILES string of the molecule is COc1ccc2c(c1)CC(=O)NCC2. The smallest absolute Gasteiger partial charge is 0.224 e. The second kappa shape index (κ2) is 3.70. The number of fused-ring (bicyclic) bond motifs is 1. The molecule has 3 nitrogen and oxygen atoms in total. The molecular formula is C11H13NO2. The fourth-order valence-electron chi connectivity index (χ4n) is 1.71. The first kappa shape index (κ1) is 9.06. The van der Waals surface area contributed by atoms with Crippen molar-refractivity contribution in [3.8, 4) is 5.75 Å². The quantitative estimate of drug-likeness (QED) is 0.716. The maximum Gasteiger partial charge on any atom is 0.224 e. The highest BCUT2D eigenvalue weighted by Gasteiger charge is 2.13. The van der Waals surface area contributed by atoms with Gasteiger partial charge < -0.3 is 10.1 Å². The highest BCUT2D eigenvalue weighted by molar-refractivity contribution is 5.79. The molecule has 2 rings (SSSR count). The maximum absolute atomic E-state index is 11.3. The minimum atomic E-state index is 0.0944. The van der Waals surface area contributed by atoms with E-state index in [0.717, 1.165) is 24.3 Å². The molecule has 3 heteroatoms. The molecule has 0 saturated heterocycles. The minimum Gasteiger partial charge on any atom is -0.497 e. The van der Waals surface area contributed by atoms with Crippen LogP contribution in [0.2, 0.25) is 0 Å². The lowest BCUT2D eigenvalue weighted by Gasteiger charge is -2.06. The number of carbonyl (C=O) groups is 1. The summed E-state index contributed by atoms with van der Waals surface area (Å²) >= 11 is 0. The fraction of sp³-hybridized carbons (Fsp3) is 0.364. The monoisotopic (exact) mass is 191 g/mol. The molecule has 0 aliphatic carbocycles. The van der Waals surface area contributed by atoms with Crippen LogP contribution in [0.3, 0.4) is 0 Å². The molecule has 0 aromatic heterocycles. The van der Waals surface area contributed by atoms with Gasteiger partial charge in [0.2, 0.25) is 5.91 Å². The third-order valence-electron chi connectivity index (χ3n) is 2.48. The van der Waals surface area contributed by atoms with E-state index in [2.05, 4.69) is 5.32 Å². The molecule has 1 aliphatic heterocycles. The summed E-state index contributed by atoms with van der Waals surface area (Å²) in [4.78, 5) is 11.3. The first-order chi connectivity index (χ1) is 6.79. The van der Waals surface area contributed by atoms with E-state index in [9.17, 15) is 4.79 Å². The van der Waals surface area contributed by atoms with Crippen LogP contribution < -0.4 is 10.1 Å². The average molecular weight is 191 g/mol. The van der Waals surface area contributed by atoms with Crippen LogP contribution in [0.5, 0.6) is 5.75 Å². The van der Waals surface area contributed by atoms with Gasteiger partial charge in [0.25, 0.3) is 0 Å². The molecule has 0 unspecified atom stereocenters. The third kappa shape index (κ3) is 1.71. The molecule has 14 heavy (non-hydrogen) atoms. The second-order valence-electron chi connectivity index (χ2n) is 3.41. The summed E-state index contributed by atoms with van der Waals surface area (Å²) in [6.45, 7) is 0.734. The van der Waals surface area contributed by atoms with Crippen LogP contribution in [0, 0.1) is 0 Å². The molecule has 0 fully saturated rings. The van der Waals surface area contributed by atoms with Gasteiger partial charge in [0.1, 0.15) is 5.75 Å². The summed E-state index contributed by atoms with van der Waals surface area (Å²) in [5.41, 5.74) is 2.32. The Balaban J connectivity index is 2.36. The molecule has 1 N–H and O–H groups in total. The van der Waals surface area contributed by atoms with Crippen molar-refractivity contribution < 1.29 is 9.53 Å². The number of hydrogen-bond donors (Lipinski definition) is 1. The van der Waals surface area contributed by atoms with Crippen molar-refractivity contribution >= 4 is 5.91 Å². The van der Waals surface area contributed by atoms with E-state index in [1.54, 1.807) is 7.11 Å². The Kier molecular flexibility index (Phi) is 2.39. The van der Waals surface area contributed by atoms with E-state index in [-0.39, 0.29) is 5.91 Å². The zero-order valence-corrected chi connectivity index (χ0v) is 8.17. The predicted octanol–water partition coefficient (Wildman–Crippen LogP) is 0.910. The Morgan fingerprint density at radius 3 is 3.00 bits per heavy atom. The van der Waals surface area contributed by atoms with Crippen LogP contribution in [-0.4, -0.2) is 19.6 Å². The fourth-order valence-corrected chi connectivity index (χ4v) is 1.71. The number of ether oxygens (including phenoxy) is 1. The molecule has 0 bridgehead atoms. The van der Waals surface area contributed by atoms with Crippen molar-refractivity contribution in [3.05, 3.63) is 29.3 Å². The van der Waals surface area contributed by atoms with Crippen molar-refractivity contribution in [3.63, 3.8) is 0 Å². The van der Waals surface area contributed by atoms with Gasteiger partial charge >= 0.3 is 0 Å². The summed E-state index contributed by atoms with van der Waals surface area (Å²) in [7, 11) is 1.64. The zero-order chi connectivity index (χ0) is 9.97. The van der Waals surface area contributed by atoms with Gasteiger partial charge in [-0.05, 0) is 29.7 Å². The zero-order valence-electron chi connectivity index (χ0n) is 8.17. The van der Waals surface area contributed by atoms with Crippen LogP contribution in [0.25, 0.3) is 0 Å². The lowest BCUT2D eigenvalue weighted by atomic mass is 10.0. The normalized spacial score (nSPS) is 15.4. The highest BCUT2D eigenvalue weighted by Crippen LogP contribution is 2.19. The molecule has 1 amide bonds. The van der Waals surface area contributed by atoms with E-state index in [1.807, 2.05) is 18.2 Å². The van der Waals surface area contributed by atoms with E-state index in [0.29, 0.717) is 6.42 Å². The number of benzene rings is 1. The number of hydrogen-bond acceptors (Lipinski definition) is 2. The lowest BCUT2D eigenvalue weighted by Crippen LogP contribution is -2.24. The van der Waals surface area contributed by atoms with Crippen molar-refractivity contribution in [2.75, 3.05) is 13.7 Å². The Morgan fingerprint density at radius 2 is 2.21 bits per heavy atom. The minimum absolute atomic E-state index is 0.0944. The van der Waals surface area contributed by atoms with Crippen LogP contribution in [-0.2, 0) is 17.6 Å². The Labute approximate surface area is 83.1 Å². The predicted molar refractivity (Wildman–Crippen MR) is 53.4 cm³/mol. The molecule has 0 radical (unpaired) electrons. The van der Waals surface area contributed by atoms with Crippen molar-refractivity contribution in [2.45, 2.75) is 12.8 Å². The van der Waals surface area contributed by atoms with Gasteiger partial charge in [0.15, 0.2) is 0 Å². The molecule has 1 heterocycles. The average Bonchev–Trinajstić information content (AvgIpc) is 2.37. The first-order valence-electron chi connectivity index (χ1n) is 4.72. The number of amides is 1. The largest absolute Gasteiger partial charge is 0.497 e. The topological polar surface area (TPSA) is 38.3 Å². The Bertz CT molecular complexity index is 360. The summed E-state index contributed by atoms with van der Waals surface area (Å²) in [5.74, 6) is 0.912. The van der Waals surface area contributed by atoms with Crippen LogP contribution in [0.4, 0.5) is 0 Å². The Morgan fingerprint density at radius 1 is 1.36 bits per heavy atom. The van der Waals surface area contributed by atoms with E-state index in [1.165, 1.54) is 5.56 Å². The van der Waals surface area contributed by atoms with Crippen LogP contribution in [0.1, 0.15) is 11.1 Å². The van der Waals surface area contributed by atoms with Gasteiger partial charge in [-0.2, -0.15) is 0 Å². The van der Waals surface area contributed by atoms with Crippen LogP contribution >= 0.6 is 0 Å². The number of rotatable bonds is 1. The lowest BCUT2D eigenvalue weighted by molar-refractivity contribution is -0.120. The van der Waals surface area contributed by atoms with Crippen molar-refractivity contribution in [1.82, 2.24) is 5.32 Å². The molecule has 74 valence electrons. The second-order valence-corrected chi connectivity index (χ2v) is 3.41. The molecule has 0 spiro atoms. The molecule has 0 saturated carbocycles. The molecule has 1 aromatic carbocycles. The van der Waals surface area contributed by atoms with Crippen molar-refractivity contribution in [1.29, 1.82) is 0 Å². The Hall–Kier alpha value is -1.51. The molecular weight excluding hydrogens is 178 g/mol. The number of methoxy groups -OCH3 is 1. The third-order valence-corrected chi connectivity index (χ3v) is 2.48. The van der Waals surface area contributed by atoms with E-state index < -0.39 is 0 Å². The number of carbonyl (C=O) groups excluding carboxylic acids is 1. The molecule has 1 aliphatic rings.